The van der Waals surface area contributed by atoms with Crippen molar-refractivity contribution in [1.82, 2.24) is 9.88 Å². The first-order chi connectivity index (χ1) is 13.6. The van der Waals surface area contributed by atoms with Crippen LogP contribution in [-0.2, 0) is 4.79 Å². The average molecular weight is 378 g/mol. The van der Waals surface area contributed by atoms with Gasteiger partial charge in [0, 0.05) is 25.2 Å². The number of anilines is 2. The second-order valence-corrected chi connectivity index (χ2v) is 7.13. The van der Waals surface area contributed by atoms with Crippen molar-refractivity contribution in [3.8, 4) is 0 Å². The van der Waals surface area contributed by atoms with E-state index in [1.807, 2.05) is 0 Å². The van der Waals surface area contributed by atoms with Crippen molar-refractivity contribution in [1.29, 1.82) is 0 Å². The van der Waals surface area contributed by atoms with Crippen LogP contribution in [-0.4, -0.2) is 40.2 Å². The van der Waals surface area contributed by atoms with Crippen LogP contribution in [0.5, 0.6) is 0 Å². The van der Waals surface area contributed by atoms with Crippen molar-refractivity contribution in [3.05, 3.63) is 53.7 Å². The SMILES string of the molecule is O=C(CCN1C(=O)c2ccccc2C1=O)Nc1cccnc1NC1CCCC1. The minimum atomic E-state index is -0.349. The standard InChI is InChI=1S/C21H22N4O3/c26-18(11-13-25-20(27)15-8-3-4-9-16(15)21(25)28)24-17-10-5-12-22-19(17)23-14-6-1-2-7-14/h3-5,8-10,12,14H,1-2,6-7,11,13H2,(H,22,23)(H,24,26). The van der Waals surface area contributed by atoms with E-state index in [1.165, 1.54) is 12.8 Å². The van der Waals surface area contributed by atoms with Gasteiger partial charge in [0.15, 0.2) is 0 Å². The van der Waals surface area contributed by atoms with Crippen LogP contribution in [0.15, 0.2) is 42.6 Å². The summed E-state index contributed by atoms with van der Waals surface area (Å²) in [6.45, 7) is 0.0455. The number of benzene rings is 1. The fraction of sp³-hybridized carbons (Fsp3) is 0.333. The number of carbonyl (C=O) groups is 3. The fourth-order valence-electron chi connectivity index (χ4n) is 3.75. The molecule has 0 radical (unpaired) electrons. The van der Waals surface area contributed by atoms with E-state index in [9.17, 15) is 14.4 Å². The number of amides is 3. The Labute approximate surface area is 163 Å². The normalized spacial score (nSPS) is 16.4. The monoisotopic (exact) mass is 378 g/mol. The molecule has 28 heavy (non-hydrogen) atoms. The lowest BCUT2D eigenvalue weighted by atomic mass is 10.1. The quantitative estimate of drug-likeness (QED) is 0.754. The third-order valence-electron chi connectivity index (χ3n) is 5.22. The lowest BCUT2D eigenvalue weighted by molar-refractivity contribution is -0.116. The number of hydrogen-bond donors (Lipinski definition) is 2. The maximum absolute atomic E-state index is 12.4. The van der Waals surface area contributed by atoms with Crippen LogP contribution >= 0.6 is 0 Å². The van der Waals surface area contributed by atoms with Gasteiger partial charge in [-0.05, 0) is 37.1 Å². The van der Waals surface area contributed by atoms with Gasteiger partial charge in [0.25, 0.3) is 11.8 Å². The number of hydrogen-bond acceptors (Lipinski definition) is 5. The summed E-state index contributed by atoms with van der Waals surface area (Å²) in [5.41, 5.74) is 1.40. The molecule has 0 atom stereocenters. The summed E-state index contributed by atoms with van der Waals surface area (Å²) < 4.78 is 0. The summed E-state index contributed by atoms with van der Waals surface area (Å²) in [7, 11) is 0. The number of rotatable bonds is 6. The van der Waals surface area contributed by atoms with Crippen molar-refractivity contribution in [2.24, 2.45) is 0 Å². The van der Waals surface area contributed by atoms with E-state index >= 15 is 0 Å². The molecule has 0 bridgehead atoms. The molecule has 2 N–H and O–H groups in total. The van der Waals surface area contributed by atoms with E-state index in [0.29, 0.717) is 28.7 Å². The first kappa shape index (κ1) is 18.2. The average Bonchev–Trinajstić information content (AvgIpc) is 3.30. The van der Waals surface area contributed by atoms with Gasteiger partial charge in [0.2, 0.25) is 5.91 Å². The maximum atomic E-state index is 12.4. The van der Waals surface area contributed by atoms with E-state index in [1.54, 1.807) is 42.6 Å². The molecule has 0 spiro atoms. The molecule has 1 aromatic heterocycles. The molecule has 3 amide bonds. The smallest absolute Gasteiger partial charge is 0.261 e. The Morgan fingerprint density at radius 3 is 2.39 bits per heavy atom. The molecule has 1 saturated carbocycles. The van der Waals surface area contributed by atoms with Crippen molar-refractivity contribution >= 4 is 29.2 Å². The highest BCUT2D eigenvalue weighted by atomic mass is 16.2. The van der Waals surface area contributed by atoms with Gasteiger partial charge in [0.1, 0.15) is 5.82 Å². The molecule has 0 saturated heterocycles. The van der Waals surface area contributed by atoms with Crippen molar-refractivity contribution in [2.45, 2.75) is 38.1 Å². The highest BCUT2D eigenvalue weighted by Gasteiger charge is 2.35. The van der Waals surface area contributed by atoms with E-state index in [4.69, 9.17) is 0 Å². The van der Waals surface area contributed by atoms with Gasteiger partial charge in [-0.3, -0.25) is 19.3 Å². The predicted molar refractivity (Wildman–Crippen MR) is 105 cm³/mol. The Kier molecular flexibility index (Phi) is 5.06. The molecule has 1 aromatic carbocycles. The van der Waals surface area contributed by atoms with Crippen molar-refractivity contribution < 1.29 is 14.4 Å². The van der Waals surface area contributed by atoms with Crippen LogP contribution in [0, 0.1) is 0 Å². The maximum Gasteiger partial charge on any atom is 0.261 e. The van der Waals surface area contributed by atoms with E-state index in [2.05, 4.69) is 15.6 Å². The summed E-state index contributed by atoms with van der Waals surface area (Å²) in [5, 5.41) is 6.24. The van der Waals surface area contributed by atoms with Gasteiger partial charge in [-0.1, -0.05) is 25.0 Å². The zero-order valence-electron chi connectivity index (χ0n) is 15.5. The molecule has 4 rings (SSSR count). The Bertz CT molecular complexity index is 886. The van der Waals surface area contributed by atoms with E-state index < -0.39 is 0 Å². The van der Waals surface area contributed by atoms with Crippen LogP contribution in [0.4, 0.5) is 11.5 Å². The molecular weight excluding hydrogens is 356 g/mol. The number of carbonyl (C=O) groups excluding carboxylic acids is 3. The van der Waals surface area contributed by atoms with Gasteiger partial charge >= 0.3 is 0 Å². The lowest BCUT2D eigenvalue weighted by Crippen LogP contribution is -2.33. The lowest BCUT2D eigenvalue weighted by Gasteiger charge is -2.17. The van der Waals surface area contributed by atoms with E-state index in [-0.39, 0.29) is 30.7 Å². The van der Waals surface area contributed by atoms with Gasteiger partial charge < -0.3 is 10.6 Å². The molecule has 7 heteroatoms. The third-order valence-corrected chi connectivity index (χ3v) is 5.22. The second-order valence-electron chi connectivity index (χ2n) is 7.13. The van der Waals surface area contributed by atoms with Crippen LogP contribution in [0.25, 0.3) is 0 Å². The topological polar surface area (TPSA) is 91.4 Å². The number of aromatic nitrogens is 1. The number of imide groups is 1. The summed E-state index contributed by atoms with van der Waals surface area (Å²) in [4.78, 5) is 42.7. The summed E-state index contributed by atoms with van der Waals surface area (Å²) >= 11 is 0. The molecule has 2 aliphatic rings. The number of fused-ring (bicyclic) bond motifs is 1. The summed E-state index contributed by atoms with van der Waals surface area (Å²) in [5.74, 6) is -0.306. The summed E-state index contributed by atoms with van der Waals surface area (Å²) in [6, 6.07) is 10.6. The van der Waals surface area contributed by atoms with Crippen LogP contribution in [0.2, 0.25) is 0 Å². The number of nitrogens with one attached hydrogen (secondary N) is 2. The van der Waals surface area contributed by atoms with Crippen molar-refractivity contribution in [3.63, 3.8) is 0 Å². The Hall–Kier alpha value is -3.22. The zero-order chi connectivity index (χ0) is 19.5. The predicted octanol–water partition coefficient (Wildman–Crippen LogP) is 3.06. The van der Waals surface area contributed by atoms with Gasteiger partial charge in [-0.25, -0.2) is 4.98 Å². The second kappa shape index (κ2) is 7.80. The molecule has 144 valence electrons. The molecule has 7 nitrogen and oxygen atoms in total. The fourth-order valence-corrected chi connectivity index (χ4v) is 3.75. The molecular formula is C21H22N4O3. The van der Waals surface area contributed by atoms with Crippen LogP contribution in [0.3, 0.4) is 0 Å². The molecule has 1 aliphatic heterocycles. The van der Waals surface area contributed by atoms with E-state index in [0.717, 1.165) is 17.7 Å². The Morgan fingerprint density at radius 1 is 1.04 bits per heavy atom. The molecule has 1 fully saturated rings. The largest absolute Gasteiger partial charge is 0.366 e. The highest BCUT2D eigenvalue weighted by Crippen LogP contribution is 2.26. The minimum Gasteiger partial charge on any atom is -0.366 e. The number of pyridine rings is 1. The van der Waals surface area contributed by atoms with Gasteiger partial charge in [-0.2, -0.15) is 0 Å². The Morgan fingerprint density at radius 2 is 1.71 bits per heavy atom. The molecule has 1 aliphatic carbocycles. The first-order valence-corrected chi connectivity index (χ1v) is 9.60. The number of nitrogens with zero attached hydrogens (tertiary/aromatic N) is 2. The van der Waals surface area contributed by atoms with Crippen molar-refractivity contribution in [2.75, 3.05) is 17.2 Å². The summed E-state index contributed by atoms with van der Waals surface area (Å²) in [6.07, 6.45) is 6.32. The van der Waals surface area contributed by atoms with Crippen LogP contribution < -0.4 is 10.6 Å². The molecule has 2 aromatic rings. The van der Waals surface area contributed by atoms with Crippen LogP contribution in [0.1, 0.15) is 52.8 Å². The molecule has 0 unspecified atom stereocenters. The minimum absolute atomic E-state index is 0.0310. The first-order valence-electron chi connectivity index (χ1n) is 9.60. The highest BCUT2D eigenvalue weighted by molar-refractivity contribution is 6.21. The molecule has 2 heterocycles. The Balaban J connectivity index is 1.37. The third kappa shape index (κ3) is 3.60. The van der Waals surface area contributed by atoms with Gasteiger partial charge in [-0.15, -0.1) is 0 Å². The van der Waals surface area contributed by atoms with Gasteiger partial charge in [0.05, 0.1) is 16.8 Å². The zero-order valence-corrected chi connectivity index (χ0v) is 15.5.